The summed E-state index contributed by atoms with van der Waals surface area (Å²) in [5.74, 6) is -1.92. The third kappa shape index (κ3) is 7.31. The number of nitrogens with one attached hydrogen (secondary N) is 2. The van der Waals surface area contributed by atoms with Gasteiger partial charge >= 0.3 is 5.97 Å². The molecule has 21 heavy (non-hydrogen) atoms. The number of carboxylic acids is 1. The van der Waals surface area contributed by atoms with Crippen molar-refractivity contribution in [2.45, 2.75) is 0 Å². The molecule has 2 amide bonds. The van der Waals surface area contributed by atoms with Crippen molar-refractivity contribution in [3.8, 4) is 0 Å². The zero-order chi connectivity index (χ0) is 15.7. The van der Waals surface area contributed by atoms with Gasteiger partial charge in [-0.15, -0.1) is 11.8 Å². The van der Waals surface area contributed by atoms with Crippen LogP contribution in [0.15, 0.2) is 24.3 Å². The molecule has 1 aromatic rings. The fraction of sp³-hybridized carbons (Fsp3) is 0.308. The highest BCUT2D eigenvalue weighted by molar-refractivity contribution is 7.99. The first kappa shape index (κ1) is 17.0. The molecule has 0 aliphatic rings. The van der Waals surface area contributed by atoms with Gasteiger partial charge in [0, 0.05) is 17.9 Å². The van der Waals surface area contributed by atoms with Crippen molar-refractivity contribution in [2.75, 3.05) is 24.6 Å². The summed E-state index contributed by atoms with van der Waals surface area (Å²) < 4.78 is 12.9. The third-order valence-electron chi connectivity index (χ3n) is 2.29. The maximum Gasteiger partial charge on any atom is 0.313 e. The highest BCUT2D eigenvalue weighted by atomic mass is 32.2. The average Bonchev–Trinajstić information content (AvgIpc) is 2.44. The van der Waals surface area contributed by atoms with Gasteiger partial charge in [0.25, 0.3) is 5.91 Å². The minimum absolute atomic E-state index is 0.0216. The van der Waals surface area contributed by atoms with E-state index in [0.717, 1.165) is 6.07 Å². The molecule has 0 fully saturated rings. The molecule has 8 heteroatoms. The van der Waals surface area contributed by atoms with Gasteiger partial charge in [0.1, 0.15) is 5.82 Å². The maximum absolute atomic E-state index is 12.9. The summed E-state index contributed by atoms with van der Waals surface area (Å²) in [6, 6.07) is 5.15. The number of hydrogen-bond donors (Lipinski definition) is 3. The van der Waals surface area contributed by atoms with Gasteiger partial charge in [-0.25, -0.2) is 4.39 Å². The minimum atomic E-state index is -0.909. The van der Waals surface area contributed by atoms with Crippen LogP contribution in [0, 0.1) is 5.82 Å². The number of rotatable bonds is 8. The van der Waals surface area contributed by atoms with Gasteiger partial charge in [-0.05, 0) is 18.2 Å². The zero-order valence-corrected chi connectivity index (χ0v) is 11.9. The highest BCUT2D eigenvalue weighted by Crippen LogP contribution is 2.02. The first-order valence-corrected chi connectivity index (χ1v) is 7.24. The summed E-state index contributed by atoms with van der Waals surface area (Å²) in [7, 11) is 0. The van der Waals surface area contributed by atoms with E-state index in [2.05, 4.69) is 10.6 Å². The van der Waals surface area contributed by atoms with Crippen molar-refractivity contribution in [2.24, 2.45) is 0 Å². The van der Waals surface area contributed by atoms with E-state index in [4.69, 9.17) is 5.11 Å². The van der Waals surface area contributed by atoms with Crippen molar-refractivity contribution in [3.05, 3.63) is 35.6 Å². The molecule has 0 aromatic heterocycles. The van der Waals surface area contributed by atoms with Crippen molar-refractivity contribution in [1.82, 2.24) is 10.6 Å². The van der Waals surface area contributed by atoms with Crippen LogP contribution in [0.1, 0.15) is 10.4 Å². The minimum Gasteiger partial charge on any atom is -0.481 e. The Hall–Kier alpha value is -2.09. The lowest BCUT2D eigenvalue weighted by molar-refractivity contribution is -0.133. The van der Waals surface area contributed by atoms with Crippen LogP contribution in [0.3, 0.4) is 0 Å². The number of carbonyl (C=O) groups is 3. The Bertz CT molecular complexity index is 525. The van der Waals surface area contributed by atoms with Crippen molar-refractivity contribution >= 4 is 29.5 Å². The Morgan fingerprint density at radius 3 is 2.67 bits per heavy atom. The van der Waals surface area contributed by atoms with Gasteiger partial charge in [-0.3, -0.25) is 14.4 Å². The summed E-state index contributed by atoms with van der Waals surface area (Å²) in [5.41, 5.74) is 0.139. The average molecular weight is 314 g/mol. The number of hydrogen-bond acceptors (Lipinski definition) is 4. The van der Waals surface area contributed by atoms with Crippen LogP contribution in [-0.4, -0.2) is 47.5 Å². The Balaban J connectivity index is 2.21. The van der Waals surface area contributed by atoms with Gasteiger partial charge in [0.2, 0.25) is 5.91 Å². The summed E-state index contributed by atoms with van der Waals surface area (Å²) in [5, 5.41) is 13.3. The van der Waals surface area contributed by atoms with Crippen LogP contribution in [0.5, 0.6) is 0 Å². The Morgan fingerprint density at radius 1 is 1.24 bits per heavy atom. The standard InChI is InChI=1S/C13H15FN2O4S/c14-10-3-1-2-9(6-10)13(20)16-7-11(17)15-4-5-21-8-12(18)19/h1-3,6H,4-5,7-8H2,(H,15,17)(H,16,20)(H,18,19). The lowest BCUT2D eigenvalue weighted by Gasteiger charge is -2.06. The molecule has 0 heterocycles. The van der Waals surface area contributed by atoms with E-state index in [9.17, 15) is 18.8 Å². The van der Waals surface area contributed by atoms with Crippen LogP contribution >= 0.6 is 11.8 Å². The van der Waals surface area contributed by atoms with E-state index in [1.165, 1.54) is 30.0 Å². The Kier molecular flexibility index (Phi) is 7.24. The van der Waals surface area contributed by atoms with E-state index in [-0.39, 0.29) is 17.9 Å². The molecule has 0 radical (unpaired) electrons. The van der Waals surface area contributed by atoms with Crippen molar-refractivity contribution < 1.29 is 23.9 Å². The van der Waals surface area contributed by atoms with Gasteiger partial charge in [-0.2, -0.15) is 0 Å². The molecule has 3 N–H and O–H groups in total. The Labute approximate surface area is 125 Å². The monoisotopic (exact) mass is 314 g/mol. The molecule has 1 aromatic carbocycles. The number of carbonyl (C=O) groups excluding carboxylic acids is 2. The molecule has 114 valence electrons. The van der Waals surface area contributed by atoms with Crippen LogP contribution in [0.4, 0.5) is 4.39 Å². The number of aliphatic carboxylic acids is 1. The first-order chi connectivity index (χ1) is 9.99. The van der Waals surface area contributed by atoms with Gasteiger partial charge in [0.05, 0.1) is 12.3 Å². The molecule has 0 spiro atoms. The number of thioether (sulfide) groups is 1. The van der Waals surface area contributed by atoms with Crippen LogP contribution in [0.2, 0.25) is 0 Å². The zero-order valence-electron chi connectivity index (χ0n) is 11.1. The molecule has 0 atom stereocenters. The lowest BCUT2D eigenvalue weighted by Crippen LogP contribution is -2.37. The number of carboxylic acid groups (broad SMARTS) is 1. The summed E-state index contributed by atoms with van der Waals surface area (Å²) in [4.78, 5) is 33.3. The summed E-state index contributed by atoms with van der Waals surface area (Å²) >= 11 is 1.18. The van der Waals surface area contributed by atoms with E-state index in [1.54, 1.807) is 0 Å². The van der Waals surface area contributed by atoms with Crippen LogP contribution < -0.4 is 10.6 Å². The van der Waals surface area contributed by atoms with Gasteiger partial charge in [-0.1, -0.05) is 6.07 Å². The molecule has 0 bridgehead atoms. The number of benzene rings is 1. The van der Waals surface area contributed by atoms with E-state index >= 15 is 0 Å². The molecular formula is C13H15FN2O4S. The Morgan fingerprint density at radius 2 is 2.00 bits per heavy atom. The largest absolute Gasteiger partial charge is 0.481 e. The molecule has 0 aliphatic heterocycles. The molecule has 0 saturated heterocycles. The van der Waals surface area contributed by atoms with Gasteiger partial charge in [0.15, 0.2) is 0 Å². The quantitative estimate of drug-likeness (QED) is 0.607. The molecule has 1 rings (SSSR count). The van der Waals surface area contributed by atoms with Gasteiger partial charge < -0.3 is 15.7 Å². The maximum atomic E-state index is 12.9. The van der Waals surface area contributed by atoms with Crippen molar-refractivity contribution in [1.29, 1.82) is 0 Å². The first-order valence-electron chi connectivity index (χ1n) is 6.09. The summed E-state index contributed by atoms with van der Waals surface area (Å²) in [6.07, 6.45) is 0. The number of halogens is 1. The molecule has 0 aliphatic carbocycles. The second kappa shape index (κ2) is 8.96. The number of amides is 2. The molecular weight excluding hydrogens is 299 g/mol. The third-order valence-corrected chi connectivity index (χ3v) is 3.23. The normalized spacial score (nSPS) is 9.95. The second-order valence-electron chi connectivity index (χ2n) is 3.99. The second-order valence-corrected chi connectivity index (χ2v) is 5.09. The van der Waals surface area contributed by atoms with E-state index in [1.807, 2.05) is 0 Å². The summed E-state index contributed by atoms with van der Waals surface area (Å²) in [6.45, 7) is 0.0888. The molecule has 6 nitrogen and oxygen atoms in total. The highest BCUT2D eigenvalue weighted by Gasteiger charge is 2.08. The van der Waals surface area contributed by atoms with E-state index in [0.29, 0.717) is 12.3 Å². The molecule has 0 saturated carbocycles. The van der Waals surface area contributed by atoms with Crippen LogP contribution in [-0.2, 0) is 9.59 Å². The van der Waals surface area contributed by atoms with Crippen LogP contribution in [0.25, 0.3) is 0 Å². The predicted octanol–water partition coefficient (Wildman–Crippen LogP) is 0.489. The lowest BCUT2D eigenvalue weighted by atomic mass is 10.2. The van der Waals surface area contributed by atoms with Crippen molar-refractivity contribution in [3.63, 3.8) is 0 Å². The smallest absolute Gasteiger partial charge is 0.313 e. The fourth-order valence-electron chi connectivity index (χ4n) is 1.38. The fourth-order valence-corrected chi connectivity index (χ4v) is 1.94. The SMILES string of the molecule is O=C(O)CSCCNC(=O)CNC(=O)c1cccc(F)c1. The molecule has 0 unspecified atom stereocenters. The van der Waals surface area contributed by atoms with E-state index < -0.39 is 23.6 Å². The topological polar surface area (TPSA) is 95.5 Å². The predicted molar refractivity (Wildman–Crippen MR) is 76.7 cm³/mol.